The molecule has 4 rings (SSSR count). The van der Waals surface area contributed by atoms with E-state index < -0.39 is 0 Å². The van der Waals surface area contributed by atoms with Gasteiger partial charge in [0.1, 0.15) is 0 Å². The molecule has 0 spiro atoms. The van der Waals surface area contributed by atoms with Crippen LogP contribution >= 0.6 is 12.2 Å². The Hall–Kier alpha value is -2.93. The van der Waals surface area contributed by atoms with Crippen molar-refractivity contribution in [2.45, 2.75) is 45.7 Å². The molecule has 0 unspecified atom stereocenters. The number of carbonyl (C=O) groups excluding carboxylic acids is 2. The van der Waals surface area contributed by atoms with Gasteiger partial charge in [-0.3, -0.25) is 9.59 Å². The number of rotatable bonds is 6. The number of thiocarbonyl (C=S) groups is 1. The molecule has 0 aromatic heterocycles. The molecular formula is C24H28N4O2S. The second kappa shape index (κ2) is 9.47. The Kier molecular flexibility index (Phi) is 6.51. The summed E-state index contributed by atoms with van der Waals surface area (Å²) < 4.78 is 0. The fourth-order valence-corrected chi connectivity index (χ4v) is 4.38. The van der Waals surface area contributed by atoms with Crippen LogP contribution in [0.15, 0.2) is 42.5 Å². The van der Waals surface area contributed by atoms with Crippen LogP contribution in [0, 0.1) is 6.92 Å². The van der Waals surface area contributed by atoms with Crippen LogP contribution in [0.25, 0.3) is 0 Å². The standard InChI is InChI=1S/C24H28N4O2S/c1-17-10-11-20(14-21(17)28-13-5-9-23(28)30)26-24(31)25-15-18-6-2-3-7-19(18)16-27-12-4-8-22(27)29/h2-3,6-7,10-11,14H,4-5,8-9,12-13,15-16H2,1H3,(H2,25,26,31). The van der Waals surface area contributed by atoms with Crippen molar-refractivity contribution in [1.29, 1.82) is 0 Å². The highest BCUT2D eigenvalue weighted by molar-refractivity contribution is 7.80. The first-order valence-electron chi connectivity index (χ1n) is 10.8. The largest absolute Gasteiger partial charge is 0.358 e. The van der Waals surface area contributed by atoms with Gasteiger partial charge in [0.05, 0.1) is 0 Å². The smallest absolute Gasteiger partial charge is 0.227 e. The molecule has 7 heteroatoms. The molecule has 0 saturated carbocycles. The van der Waals surface area contributed by atoms with E-state index in [9.17, 15) is 9.59 Å². The normalized spacial score (nSPS) is 16.2. The van der Waals surface area contributed by atoms with E-state index in [1.54, 1.807) is 0 Å². The van der Waals surface area contributed by atoms with Crippen LogP contribution in [-0.2, 0) is 22.7 Å². The van der Waals surface area contributed by atoms with E-state index in [4.69, 9.17) is 12.2 Å². The molecule has 2 saturated heterocycles. The fourth-order valence-electron chi connectivity index (χ4n) is 4.19. The van der Waals surface area contributed by atoms with Gasteiger partial charge in [0, 0.05) is 50.4 Å². The third kappa shape index (κ3) is 5.05. The Morgan fingerprint density at radius 2 is 1.74 bits per heavy atom. The average Bonchev–Trinajstić information content (AvgIpc) is 3.37. The van der Waals surface area contributed by atoms with Crippen LogP contribution in [0.5, 0.6) is 0 Å². The highest BCUT2D eigenvalue weighted by Gasteiger charge is 2.23. The first-order chi connectivity index (χ1) is 15.0. The summed E-state index contributed by atoms with van der Waals surface area (Å²) in [4.78, 5) is 27.9. The monoisotopic (exact) mass is 436 g/mol. The Bertz CT molecular complexity index is 1010. The van der Waals surface area contributed by atoms with E-state index in [0.29, 0.717) is 31.0 Å². The van der Waals surface area contributed by atoms with Gasteiger partial charge in [0.2, 0.25) is 11.8 Å². The SMILES string of the molecule is Cc1ccc(NC(=S)NCc2ccccc2CN2CCCC2=O)cc1N1CCCC1=O. The fraction of sp³-hybridized carbons (Fsp3) is 0.375. The number of anilines is 2. The number of likely N-dealkylation sites (tertiary alicyclic amines) is 1. The number of nitrogens with one attached hydrogen (secondary N) is 2. The molecule has 6 nitrogen and oxygen atoms in total. The Balaban J connectivity index is 1.38. The van der Waals surface area contributed by atoms with E-state index in [1.807, 2.05) is 47.1 Å². The van der Waals surface area contributed by atoms with Gasteiger partial charge in [-0.05, 0) is 60.8 Å². The predicted molar refractivity (Wildman–Crippen MR) is 127 cm³/mol. The minimum absolute atomic E-state index is 0.175. The highest BCUT2D eigenvalue weighted by atomic mass is 32.1. The number of benzene rings is 2. The molecule has 0 radical (unpaired) electrons. The van der Waals surface area contributed by atoms with Gasteiger partial charge in [-0.15, -0.1) is 0 Å². The van der Waals surface area contributed by atoms with Crippen molar-refractivity contribution in [3.05, 3.63) is 59.2 Å². The van der Waals surface area contributed by atoms with E-state index in [-0.39, 0.29) is 11.8 Å². The summed E-state index contributed by atoms with van der Waals surface area (Å²) >= 11 is 5.51. The minimum Gasteiger partial charge on any atom is -0.358 e. The lowest BCUT2D eigenvalue weighted by atomic mass is 10.1. The molecule has 2 N–H and O–H groups in total. The molecule has 2 heterocycles. The summed E-state index contributed by atoms with van der Waals surface area (Å²) in [6.45, 7) is 4.83. The summed E-state index contributed by atoms with van der Waals surface area (Å²) in [7, 11) is 0. The van der Waals surface area contributed by atoms with Gasteiger partial charge >= 0.3 is 0 Å². The van der Waals surface area contributed by atoms with Crippen molar-refractivity contribution in [3.63, 3.8) is 0 Å². The number of hydrogen-bond acceptors (Lipinski definition) is 3. The van der Waals surface area contributed by atoms with Crippen molar-refractivity contribution >= 4 is 40.5 Å². The molecule has 2 amide bonds. The Labute approximate surface area is 188 Å². The molecular weight excluding hydrogens is 408 g/mol. The van der Waals surface area contributed by atoms with E-state index in [1.165, 1.54) is 0 Å². The third-order valence-corrected chi connectivity index (χ3v) is 6.17. The van der Waals surface area contributed by atoms with Gasteiger partial charge < -0.3 is 20.4 Å². The zero-order chi connectivity index (χ0) is 21.8. The topological polar surface area (TPSA) is 64.7 Å². The lowest BCUT2D eigenvalue weighted by molar-refractivity contribution is -0.128. The van der Waals surface area contributed by atoms with Gasteiger partial charge in [-0.25, -0.2) is 0 Å². The lowest BCUT2D eigenvalue weighted by Gasteiger charge is -2.20. The molecule has 0 atom stereocenters. The number of carbonyl (C=O) groups is 2. The molecule has 2 aromatic rings. The van der Waals surface area contributed by atoms with Crippen molar-refractivity contribution < 1.29 is 9.59 Å². The van der Waals surface area contributed by atoms with Gasteiger partial charge in [0.15, 0.2) is 5.11 Å². The molecule has 31 heavy (non-hydrogen) atoms. The summed E-state index contributed by atoms with van der Waals surface area (Å²) in [5.74, 6) is 0.403. The molecule has 2 aliphatic heterocycles. The van der Waals surface area contributed by atoms with Crippen LogP contribution in [0.3, 0.4) is 0 Å². The van der Waals surface area contributed by atoms with Crippen LogP contribution in [-0.4, -0.2) is 34.9 Å². The Morgan fingerprint density at radius 3 is 2.45 bits per heavy atom. The van der Waals surface area contributed by atoms with Crippen LogP contribution in [0.1, 0.15) is 42.4 Å². The Morgan fingerprint density at radius 1 is 1.00 bits per heavy atom. The van der Waals surface area contributed by atoms with E-state index in [2.05, 4.69) is 22.8 Å². The maximum Gasteiger partial charge on any atom is 0.227 e. The molecule has 162 valence electrons. The maximum atomic E-state index is 12.1. The van der Waals surface area contributed by atoms with Crippen molar-refractivity contribution in [3.8, 4) is 0 Å². The lowest BCUT2D eigenvalue weighted by Crippen LogP contribution is -2.30. The number of nitrogens with zero attached hydrogens (tertiary/aromatic N) is 2. The molecule has 2 aliphatic rings. The third-order valence-electron chi connectivity index (χ3n) is 5.92. The van der Waals surface area contributed by atoms with Crippen molar-refractivity contribution in [2.24, 2.45) is 0 Å². The predicted octanol–water partition coefficient (Wildman–Crippen LogP) is 3.73. The highest BCUT2D eigenvalue weighted by Crippen LogP contribution is 2.28. The first-order valence-corrected chi connectivity index (χ1v) is 11.2. The maximum absolute atomic E-state index is 12.1. The molecule has 0 aliphatic carbocycles. The zero-order valence-electron chi connectivity index (χ0n) is 17.8. The second-order valence-corrected chi connectivity index (χ2v) is 8.55. The van der Waals surface area contributed by atoms with E-state index in [0.717, 1.165) is 54.0 Å². The summed E-state index contributed by atoms with van der Waals surface area (Å²) in [5, 5.41) is 7.03. The van der Waals surface area contributed by atoms with Gasteiger partial charge in [0.25, 0.3) is 0 Å². The average molecular weight is 437 g/mol. The van der Waals surface area contributed by atoms with Crippen molar-refractivity contribution in [1.82, 2.24) is 10.2 Å². The number of amides is 2. The van der Waals surface area contributed by atoms with E-state index >= 15 is 0 Å². The van der Waals surface area contributed by atoms with Crippen LogP contribution < -0.4 is 15.5 Å². The first kappa shape index (κ1) is 21.3. The summed E-state index contributed by atoms with van der Waals surface area (Å²) in [6.07, 6.45) is 3.10. The quantitative estimate of drug-likeness (QED) is 0.676. The number of hydrogen-bond donors (Lipinski definition) is 2. The zero-order valence-corrected chi connectivity index (χ0v) is 18.6. The molecule has 0 bridgehead atoms. The van der Waals surface area contributed by atoms with Gasteiger partial charge in [-0.1, -0.05) is 30.3 Å². The molecule has 2 fully saturated rings. The molecule has 2 aromatic carbocycles. The number of aryl methyl sites for hydroxylation is 1. The van der Waals surface area contributed by atoms with Gasteiger partial charge in [-0.2, -0.15) is 0 Å². The minimum atomic E-state index is 0.175. The second-order valence-electron chi connectivity index (χ2n) is 8.15. The van der Waals surface area contributed by atoms with Crippen LogP contribution in [0.4, 0.5) is 11.4 Å². The summed E-state index contributed by atoms with van der Waals surface area (Å²) in [6, 6.07) is 14.1. The van der Waals surface area contributed by atoms with Crippen LogP contribution in [0.2, 0.25) is 0 Å². The summed E-state index contributed by atoms with van der Waals surface area (Å²) in [5.41, 5.74) is 5.13. The van der Waals surface area contributed by atoms with Crippen molar-refractivity contribution in [2.75, 3.05) is 23.3 Å².